The molecule has 0 fully saturated rings. The molecule has 0 saturated carbocycles. The van der Waals surface area contributed by atoms with Gasteiger partial charge in [0.1, 0.15) is 5.82 Å². The average Bonchev–Trinajstić information content (AvgIpc) is 2.73. The Morgan fingerprint density at radius 1 is 1.30 bits per heavy atom. The van der Waals surface area contributed by atoms with Crippen LogP contribution in [-0.4, -0.2) is 38.0 Å². The number of nitro benzene ring substituents is 1. The van der Waals surface area contributed by atoms with Gasteiger partial charge in [-0.15, -0.1) is 0 Å². The maximum atomic E-state index is 13.2. The van der Waals surface area contributed by atoms with Gasteiger partial charge in [0, 0.05) is 21.5 Å². The van der Waals surface area contributed by atoms with Gasteiger partial charge in [-0.25, -0.2) is 9.78 Å². The van der Waals surface area contributed by atoms with Crippen molar-refractivity contribution in [2.75, 3.05) is 0 Å². The normalized spacial score (nSPS) is 12.8. The second-order valence-electron chi connectivity index (χ2n) is 8.29. The number of nitro groups is 1. The van der Waals surface area contributed by atoms with E-state index < -0.39 is 28.1 Å². The Hall–Kier alpha value is -3.60. The Morgan fingerprint density at radius 2 is 2.00 bits per heavy atom. The van der Waals surface area contributed by atoms with Crippen molar-refractivity contribution in [1.29, 1.82) is 0 Å². The second-order valence-corrected chi connectivity index (χ2v) is 9.21. The topological polar surface area (TPSA) is 137 Å². The quantitative estimate of drug-likeness (QED) is 0.295. The molecule has 1 N–H and O–H groups in total. The van der Waals surface area contributed by atoms with Crippen LogP contribution in [0.2, 0.25) is 0 Å². The molecule has 0 bridgehead atoms. The third-order valence-electron chi connectivity index (χ3n) is 4.63. The zero-order chi connectivity index (χ0) is 24.5. The van der Waals surface area contributed by atoms with Crippen molar-refractivity contribution < 1.29 is 19.6 Å². The number of hydrogen-bond acceptors (Lipinski definition) is 7. The molecule has 33 heavy (non-hydrogen) atoms. The lowest BCUT2D eigenvalue weighted by molar-refractivity contribution is -0.386. The minimum atomic E-state index is -1.26. The van der Waals surface area contributed by atoms with Crippen molar-refractivity contribution >= 4 is 44.7 Å². The predicted octanol–water partition coefficient (Wildman–Crippen LogP) is 4.10. The van der Waals surface area contributed by atoms with Gasteiger partial charge in [0.2, 0.25) is 0 Å². The standard InChI is InChI=1S/C22H21BrN4O6/c1-12(20(29)30)33-18-8-5-13(9-17(18)27(31)32)11-24-26-19(28)15-10-14(23)6-7-16(15)25-21(26)22(2,3)4/h5-12H,1-4H3,(H,29,30)/t12-/m1/s1. The van der Waals surface area contributed by atoms with Gasteiger partial charge in [0.05, 0.1) is 22.0 Å². The molecule has 172 valence electrons. The molecule has 2 aromatic carbocycles. The third-order valence-corrected chi connectivity index (χ3v) is 5.13. The number of nitrogens with zero attached hydrogens (tertiary/aromatic N) is 4. The Bertz CT molecular complexity index is 1340. The monoisotopic (exact) mass is 516 g/mol. The van der Waals surface area contributed by atoms with Crippen LogP contribution in [0.25, 0.3) is 10.9 Å². The van der Waals surface area contributed by atoms with E-state index in [9.17, 15) is 19.7 Å². The van der Waals surface area contributed by atoms with Crippen molar-refractivity contribution in [2.45, 2.75) is 39.2 Å². The van der Waals surface area contributed by atoms with E-state index in [0.717, 1.165) is 4.47 Å². The van der Waals surface area contributed by atoms with E-state index in [1.54, 1.807) is 18.2 Å². The fourth-order valence-electron chi connectivity index (χ4n) is 2.96. The Balaban J connectivity index is 2.11. The molecular formula is C22H21BrN4O6. The van der Waals surface area contributed by atoms with Crippen LogP contribution in [0.5, 0.6) is 5.75 Å². The van der Waals surface area contributed by atoms with Crippen LogP contribution in [0.3, 0.4) is 0 Å². The Kier molecular flexibility index (Phi) is 6.63. The van der Waals surface area contributed by atoms with Gasteiger partial charge in [-0.1, -0.05) is 36.7 Å². The van der Waals surface area contributed by atoms with E-state index >= 15 is 0 Å². The summed E-state index contributed by atoms with van der Waals surface area (Å²) in [4.78, 5) is 39.6. The molecule has 0 saturated heterocycles. The number of halogens is 1. The van der Waals surface area contributed by atoms with Crippen LogP contribution in [0.4, 0.5) is 5.69 Å². The molecule has 3 aromatic rings. The first-order valence-corrected chi connectivity index (χ1v) is 10.6. The zero-order valence-corrected chi connectivity index (χ0v) is 19.9. The molecule has 0 aliphatic rings. The van der Waals surface area contributed by atoms with Crippen molar-refractivity contribution in [3.05, 3.63) is 72.7 Å². The molecule has 0 radical (unpaired) electrons. The summed E-state index contributed by atoms with van der Waals surface area (Å²) in [7, 11) is 0. The SMILES string of the molecule is C[C@@H](Oc1ccc(C=Nn2c(C(C)(C)C)nc3ccc(Br)cc3c2=O)cc1[N+](=O)[O-])C(=O)O. The number of fused-ring (bicyclic) bond motifs is 1. The number of carboxylic acid groups (broad SMARTS) is 1. The number of aromatic nitrogens is 2. The number of rotatable bonds is 6. The molecule has 0 unspecified atom stereocenters. The molecule has 0 amide bonds. The number of ether oxygens (including phenoxy) is 1. The van der Waals surface area contributed by atoms with Crippen molar-refractivity contribution in [1.82, 2.24) is 9.66 Å². The van der Waals surface area contributed by atoms with Crippen LogP contribution >= 0.6 is 15.9 Å². The predicted molar refractivity (Wildman–Crippen MR) is 126 cm³/mol. The lowest BCUT2D eigenvalue weighted by atomic mass is 9.95. The highest BCUT2D eigenvalue weighted by molar-refractivity contribution is 9.10. The van der Waals surface area contributed by atoms with Crippen LogP contribution in [-0.2, 0) is 10.2 Å². The number of carbonyl (C=O) groups is 1. The first kappa shape index (κ1) is 24.1. The summed E-state index contributed by atoms with van der Waals surface area (Å²) in [5, 5.41) is 25.1. The number of benzene rings is 2. The van der Waals surface area contributed by atoms with Crippen LogP contribution in [0.1, 0.15) is 39.1 Å². The van der Waals surface area contributed by atoms with Crippen LogP contribution in [0, 0.1) is 10.1 Å². The van der Waals surface area contributed by atoms with Gasteiger partial charge < -0.3 is 9.84 Å². The highest BCUT2D eigenvalue weighted by Gasteiger charge is 2.24. The van der Waals surface area contributed by atoms with Crippen molar-refractivity contribution in [3.8, 4) is 5.75 Å². The number of aliphatic carboxylic acids is 1. The maximum absolute atomic E-state index is 13.2. The summed E-state index contributed by atoms with van der Waals surface area (Å²) in [6.45, 7) is 6.96. The third kappa shape index (κ3) is 5.25. The van der Waals surface area contributed by atoms with Gasteiger partial charge >= 0.3 is 11.7 Å². The molecule has 1 heterocycles. The first-order valence-electron chi connectivity index (χ1n) is 9.83. The van der Waals surface area contributed by atoms with Gasteiger partial charge in [-0.3, -0.25) is 14.9 Å². The lowest BCUT2D eigenvalue weighted by Gasteiger charge is -2.20. The van der Waals surface area contributed by atoms with Gasteiger partial charge in [-0.2, -0.15) is 9.78 Å². The molecule has 1 aromatic heterocycles. The summed E-state index contributed by atoms with van der Waals surface area (Å²) in [6, 6.07) is 9.16. The maximum Gasteiger partial charge on any atom is 0.344 e. The minimum absolute atomic E-state index is 0.184. The van der Waals surface area contributed by atoms with Crippen LogP contribution in [0.15, 0.2) is 50.8 Å². The second kappa shape index (κ2) is 9.10. The van der Waals surface area contributed by atoms with Crippen LogP contribution < -0.4 is 10.3 Å². The van der Waals surface area contributed by atoms with Gasteiger partial charge in [-0.05, 0) is 37.3 Å². The molecular weight excluding hydrogens is 496 g/mol. The first-order chi connectivity index (χ1) is 15.4. The van der Waals surface area contributed by atoms with Crippen molar-refractivity contribution in [2.24, 2.45) is 5.10 Å². The summed E-state index contributed by atoms with van der Waals surface area (Å²) >= 11 is 3.35. The summed E-state index contributed by atoms with van der Waals surface area (Å²) in [5.41, 5.74) is -0.473. The van der Waals surface area contributed by atoms with E-state index in [0.29, 0.717) is 22.3 Å². The van der Waals surface area contributed by atoms with E-state index in [2.05, 4.69) is 26.0 Å². The Labute approximate surface area is 196 Å². The van der Waals surface area contributed by atoms with E-state index in [1.807, 2.05) is 20.8 Å². The zero-order valence-electron chi connectivity index (χ0n) is 18.3. The largest absolute Gasteiger partial charge is 0.479 e. The molecule has 0 aliphatic carbocycles. The summed E-state index contributed by atoms with van der Waals surface area (Å²) in [5.74, 6) is -1.01. The van der Waals surface area contributed by atoms with Gasteiger partial charge in [0.15, 0.2) is 11.9 Å². The minimum Gasteiger partial charge on any atom is -0.479 e. The van der Waals surface area contributed by atoms with E-state index in [1.165, 1.54) is 36.0 Å². The summed E-state index contributed by atoms with van der Waals surface area (Å²) in [6.07, 6.45) is 0.0404. The summed E-state index contributed by atoms with van der Waals surface area (Å²) < 4.78 is 7.07. The molecule has 10 nitrogen and oxygen atoms in total. The highest BCUT2D eigenvalue weighted by atomic mass is 79.9. The average molecular weight is 517 g/mol. The van der Waals surface area contributed by atoms with Gasteiger partial charge in [0.25, 0.3) is 5.56 Å². The molecule has 11 heteroatoms. The van der Waals surface area contributed by atoms with E-state index in [-0.39, 0.29) is 11.3 Å². The fourth-order valence-corrected chi connectivity index (χ4v) is 3.32. The molecule has 0 aliphatic heterocycles. The molecule has 1 atom stereocenters. The lowest BCUT2D eigenvalue weighted by Crippen LogP contribution is -2.29. The van der Waals surface area contributed by atoms with E-state index in [4.69, 9.17) is 9.84 Å². The number of hydrogen-bond donors (Lipinski definition) is 1. The molecule has 3 rings (SSSR count). The highest BCUT2D eigenvalue weighted by Crippen LogP contribution is 2.29. The number of carboxylic acids is 1. The molecule has 0 spiro atoms. The fraction of sp³-hybridized carbons (Fsp3) is 0.273. The smallest absolute Gasteiger partial charge is 0.344 e. The van der Waals surface area contributed by atoms with Crippen molar-refractivity contribution in [3.63, 3.8) is 0 Å². The Morgan fingerprint density at radius 3 is 2.61 bits per heavy atom.